The van der Waals surface area contributed by atoms with Gasteiger partial charge in [0.1, 0.15) is 12.4 Å². The van der Waals surface area contributed by atoms with Gasteiger partial charge in [-0.3, -0.25) is 9.59 Å². The number of fused-ring (bicyclic) bond motifs is 5. The number of amides is 1. The largest absolute Gasteiger partial charge is 0.490 e. The van der Waals surface area contributed by atoms with E-state index in [2.05, 4.69) is 0 Å². The zero-order valence-electron chi connectivity index (χ0n) is 16.7. The van der Waals surface area contributed by atoms with E-state index < -0.39 is 10.0 Å². The summed E-state index contributed by atoms with van der Waals surface area (Å²) in [6.07, 6.45) is 0.881. The van der Waals surface area contributed by atoms with Gasteiger partial charge in [-0.2, -0.15) is 4.31 Å². The number of hydrogen-bond donors (Lipinski definition) is 0. The summed E-state index contributed by atoms with van der Waals surface area (Å²) >= 11 is 0. The molecule has 4 heterocycles. The molecule has 3 aliphatic heterocycles. The lowest BCUT2D eigenvalue weighted by Crippen LogP contribution is -2.49. The van der Waals surface area contributed by atoms with Crippen LogP contribution in [0.2, 0.25) is 0 Å². The number of sulfonamides is 1. The van der Waals surface area contributed by atoms with Crippen molar-refractivity contribution in [1.82, 2.24) is 8.87 Å². The number of ether oxygens (including phenoxy) is 1. The van der Waals surface area contributed by atoms with Gasteiger partial charge in [-0.15, -0.1) is 0 Å². The fraction of sp³-hybridized carbons (Fsp3) is 0.429. The predicted molar refractivity (Wildman–Crippen MR) is 110 cm³/mol. The number of carbonyl (C=O) groups excluding carboxylic acids is 1. The monoisotopic (exact) mass is 429 g/mol. The van der Waals surface area contributed by atoms with E-state index in [1.807, 2.05) is 6.07 Å². The summed E-state index contributed by atoms with van der Waals surface area (Å²) in [6, 6.07) is 9.90. The Kier molecular flexibility index (Phi) is 4.48. The Morgan fingerprint density at radius 2 is 1.97 bits per heavy atom. The van der Waals surface area contributed by atoms with Crippen molar-refractivity contribution >= 4 is 21.6 Å². The van der Waals surface area contributed by atoms with Crippen LogP contribution in [0.1, 0.15) is 25.0 Å². The van der Waals surface area contributed by atoms with Gasteiger partial charge in [0.2, 0.25) is 15.9 Å². The number of carbonyl (C=O) groups is 1. The van der Waals surface area contributed by atoms with Crippen molar-refractivity contribution in [2.45, 2.75) is 30.7 Å². The summed E-state index contributed by atoms with van der Waals surface area (Å²) in [5.74, 6) is 0.458. The molecule has 0 unspecified atom stereocenters. The van der Waals surface area contributed by atoms with Crippen molar-refractivity contribution in [2.24, 2.45) is 5.92 Å². The second-order valence-corrected chi connectivity index (χ2v) is 10.1. The van der Waals surface area contributed by atoms with Crippen molar-refractivity contribution in [3.05, 3.63) is 52.4 Å². The van der Waals surface area contributed by atoms with Crippen LogP contribution in [0.4, 0.5) is 5.69 Å². The van der Waals surface area contributed by atoms with Crippen molar-refractivity contribution in [1.29, 1.82) is 0 Å². The van der Waals surface area contributed by atoms with Crippen molar-refractivity contribution in [3.63, 3.8) is 0 Å². The molecule has 9 heteroatoms. The molecule has 0 saturated carbocycles. The van der Waals surface area contributed by atoms with Crippen LogP contribution in [0, 0.1) is 5.92 Å². The molecule has 1 aromatic heterocycles. The van der Waals surface area contributed by atoms with E-state index in [1.54, 1.807) is 33.7 Å². The number of benzene rings is 1. The topological polar surface area (TPSA) is 88.9 Å². The molecule has 2 bridgehead atoms. The number of nitrogens with zero attached hydrogens (tertiary/aromatic N) is 3. The summed E-state index contributed by atoms with van der Waals surface area (Å²) in [4.78, 5) is 25.9. The molecule has 0 radical (unpaired) electrons. The van der Waals surface area contributed by atoms with Crippen LogP contribution in [-0.2, 0) is 21.4 Å². The number of rotatable bonds is 2. The van der Waals surface area contributed by atoms with Gasteiger partial charge >= 0.3 is 0 Å². The van der Waals surface area contributed by atoms with Gasteiger partial charge in [0.25, 0.3) is 5.56 Å². The quantitative estimate of drug-likeness (QED) is 0.720. The fourth-order valence-corrected chi connectivity index (χ4v) is 6.46. The van der Waals surface area contributed by atoms with Crippen molar-refractivity contribution < 1.29 is 17.9 Å². The SMILES string of the molecule is CC(=O)N1CCOc2ccc(S(=O)(=O)N3C[C@H]4C[C@@H](C3)c3cccc(=O)n3C4)cc21. The average molecular weight is 429 g/mol. The van der Waals surface area contributed by atoms with Crippen LogP contribution in [-0.4, -0.2) is 49.4 Å². The minimum Gasteiger partial charge on any atom is -0.490 e. The zero-order valence-corrected chi connectivity index (χ0v) is 17.5. The van der Waals surface area contributed by atoms with E-state index in [0.717, 1.165) is 12.1 Å². The summed E-state index contributed by atoms with van der Waals surface area (Å²) in [5, 5.41) is 0. The van der Waals surface area contributed by atoms with Gasteiger partial charge in [0.15, 0.2) is 0 Å². The molecule has 3 aliphatic rings. The highest BCUT2D eigenvalue weighted by molar-refractivity contribution is 7.89. The molecule has 1 saturated heterocycles. The van der Waals surface area contributed by atoms with Crippen LogP contribution >= 0.6 is 0 Å². The van der Waals surface area contributed by atoms with E-state index in [-0.39, 0.29) is 28.2 Å². The Bertz CT molecular complexity index is 1190. The Balaban J connectivity index is 1.49. The van der Waals surface area contributed by atoms with Crippen LogP contribution < -0.4 is 15.2 Å². The van der Waals surface area contributed by atoms with Crippen LogP contribution in [0.15, 0.2) is 46.1 Å². The predicted octanol–water partition coefficient (Wildman–Crippen LogP) is 1.40. The minimum atomic E-state index is -3.75. The number of piperidine rings is 1. The van der Waals surface area contributed by atoms with E-state index in [4.69, 9.17) is 4.74 Å². The maximum atomic E-state index is 13.5. The van der Waals surface area contributed by atoms with Gasteiger partial charge in [-0.1, -0.05) is 6.07 Å². The number of pyridine rings is 1. The molecule has 158 valence electrons. The molecule has 5 rings (SSSR count). The van der Waals surface area contributed by atoms with Gasteiger partial charge < -0.3 is 14.2 Å². The maximum absolute atomic E-state index is 13.5. The summed E-state index contributed by atoms with van der Waals surface area (Å²) in [5.41, 5.74) is 1.36. The first-order valence-electron chi connectivity index (χ1n) is 10.1. The minimum absolute atomic E-state index is 0.00384. The lowest BCUT2D eigenvalue weighted by molar-refractivity contribution is -0.116. The van der Waals surface area contributed by atoms with Gasteiger partial charge in [-0.25, -0.2) is 8.42 Å². The second kappa shape index (κ2) is 6.95. The Hall–Kier alpha value is -2.65. The molecule has 2 aromatic rings. The summed E-state index contributed by atoms with van der Waals surface area (Å²) < 4.78 is 35.8. The van der Waals surface area contributed by atoms with Gasteiger partial charge in [-0.05, 0) is 36.6 Å². The Morgan fingerprint density at radius 3 is 2.77 bits per heavy atom. The van der Waals surface area contributed by atoms with Gasteiger partial charge in [0, 0.05) is 44.2 Å². The van der Waals surface area contributed by atoms with E-state index in [9.17, 15) is 18.0 Å². The molecule has 1 amide bonds. The summed E-state index contributed by atoms with van der Waals surface area (Å²) in [6.45, 7) is 3.49. The summed E-state index contributed by atoms with van der Waals surface area (Å²) in [7, 11) is -3.75. The number of anilines is 1. The number of hydrogen-bond acceptors (Lipinski definition) is 5. The highest BCUT2D eigenvalue weighted by Gasteiger charge is 2.40. The second-order valence-electron chi connectivity index (χ2n) is 8.17. The number of aromatic nitrogens is 1. The zero-order chi connectivity index (χ0) is 21.0. The average Bonchev–Trinajstić information content (AvgIpc) is 2.73. The first kappa shape index (κ1) is 19.3. The highest BCUT2D eigenvalue weighted by Crippen LogP contribution is 2.39. The third kappa shape index (κ3) is 3.04. The third-order valence-electron chi connectivity index (χ3n) is 6.26. The Labute approximate surface area is 174 Å². The van der Waals surface area contributed by atoms with Crippen LogP contribution in [0.25, 0.3) is 0 Å². The molecule has 0 spiro atoms. The molecule has 2 atom stereocenters. The molecule has 1 aromatic carbocycles. The van der Waals surface area contributed by atoms with Crippen LogP contribution in [0.5, 0.6) is 5.75 Å². The molecular weight excluding hydrogens is 406 g/mol. The standard InChI is InChI=1S/C21H23N3O5S/c1-14(25)23-7-8-29-20-6-5-17(10-19(20)23)30(27,28)22-11-15-9-16(13-22)18-3-2-4-21(26)24(18)12-15/h2-6,10,15-16H,7-9,11-13H2,1H3/t15-,16+/m1/s1. The molecule has 1 fully saturated rings. The third-order valence-corrected chi connectivity index (χ3v) is 8.09. The molecule has 0 aliphatic carbocycles. The van der Waals surface area contributed by atoms with E-state index >= 15 is 0 Å². The van der Waals surface area contributed by atoms with Crippen molar-refractivity contribution in [3.8, 4) is 5.75 Å². The lowest BCUT2D eigenvalue weighted by Gasteiger charge is -2.42. The smallest absolute Gasteiger partial charge is 0.250 e. The fourth-order valence-electron chi connectivity index (χ4n) is 4.88. The first-order valence-corrected chi connectivity index (χ1v) is 11.5. The molecule has 8 nitrogen and oxygen atoms in total. The van der Waals surface area contributed by atoms with E-state index in [0.29, 0.717) is 44.2 Å². The van der Waals surface area contributed by atoms with Crippen LogP contribution in [0.3, 0.4) is 0 Å². The maximum Gasteiger partial charge on any atom is 0.250 e. The Morgan fingerprint density at radius 1 is 1.13 bits per heavy atom. The molecular formula is C21H23N3O5S. The normalized spacial score (nSPS) is 23.3. The molecule has 30 heavy (non-hydrogen) atoms. The van der Waals surface area contributed by atoms with Gasteiger partial charge in [0.05, 0.1) is 17.1 Å². The first-order chi connectivity index (χ1) is 14.3. The van der Waals surface area contributed by atoms with Crippen molar-refractivity contribution in [2.75, 3.05) is 31.1 Å². The lowest BCUT2D eigenvalue weighted by atomic mass is 9.84. The molecule has 0 N–H and O–H groups in total. The highest BCUT2D eigenvalue weighted by atomic mass is 32.2. The van der Waals surface area contributed by atoms with E-state index in [1.165, 1.54) is 17.3 Å².